The molecule has 0 spiro atoms. The summed E-state index contributed by atoms with van der Waals surface area (Å²) in [5, 5.41) is 22.4. The number of nitrogens with zero attached hydrogens (tertiary/aromatic N) is 9. The first-order chi connectivity index (χ1) is 21.9. The Bertz CT molecular complexity index is 2020. The molecule has 226 valence electrons. The van der Waals surface area contributed by atoms with Crippen molar-refractivity contribution < 1.29 is 14.0 Å². The second-order valence-corrected chi connectivity index (χ2v) is 11.1. The van der Waals surface area contributed by atoms with Gasteiger partial charge >= 0.3 is 0 Å². The molecule has 6 heterocycles. The van der Waals surface area contributed by atoms with Crippen LogP contribution in [0, 0.1) is 17.1 Å². The fourth-order valence-corrected chi connectivity index (χ4v) is 6.20. The molecular weight excluding hydrogens is 575 g/mol. The second kappa shape index (κ2) is 11.5. The molecule has 2 amide bonds. The molecule has 0 saturated carbocycles. The highest BCUT2D eigenvalue weighted by Crippen LogP contribution is 2.38. The van der Waals surface area contributed by atoms with E-state index in [1.807, 2.05) is 17.7 Å². The van der Waals surface area contributed by atoms with Gasteiger partial charge in [0.1, 0.15) is 5.69 Å². The van der Waals surface area contributed by atoms with E-state index in [2.05, 4.69) is 31.4 Å². The van der Waals surface area contributed by atoms with E-state index in [0.29, 0.717) is 72.4 Å². The van der Waals surface area contributed by atoms with Gasteiger partial charge < -0.3 is 14.8 Å². The van der Waals surface area contributed by atoms with Crippen LogP contribution in [-0.2, 0) is 31.0 Å². The van der Waals surface area contributed by atoms with Crippen LogP contribution in [0.5, 0.6) is 0 Å². The molecule has 0 atom stereocenters. The number of carbonyl (C=O) groups excluding carboxylic acids is 2. The van der Waals surface area contributed by atoms with Crippen molar-refractivity contribution in [2.45, 2.75) is 45.9 Å². The van der Waals surface area contributed by atoms with Crippen molar-refractivity contribution in [2.24, 2.45) is 0 Å². The molecule has 7 rings (SSSR count). The van der Waals surface area contributed by atoms with E-state index in [1.165, 1.54) is 6.20 Å². The van der Waals surface area contributed by atoms with Crippen LogP contribution in [0.4, 0.5) is 4.39 Å². The number of halogens is 1. The maximum absolute atomic E-state index is 16.5. The van der Waals surface area contributed by atoms with Gasteiger partial charge in [0.05, 0.1) is 48.3 Å². The third kappa shape index (κ3) is 5.04. The Morgan fingerprint density at radius 2 is 1.98 bits per heavy atom. The van der Waals surface area contributed by atoms with E-state index in [1.54, 1.807) is 57.5 Å². The fraction of sp³-hybridized carbons (Fsp3) is 0.281. The van der Waals surface area contributed by atoms with Crippen molar-refractivity contribution in [3.8, 4) is 17.2 Å². The van der Waals surface area contributed by atoms with Crippen molar-refractivity contribution in [1.29, 1.82) is 5.26 Å². The highest BCUT2D eigenvalue weighted by molar-refractivity contribution is 6.05. The normalized spacial score (nSPS) is 14.5. The molecule has 1 N–H and O–H groups in total. The van der Waals surface area contributed by atoms with Crippen LogP contribution >= 0.6 is 0 Å². The largest absolute Gasteiger partial charge is 0.348 e. The summed E-state index contributed by atoms with van der Waals surface area (Å²) in [5.41, 5.74) is 4.82. The number of hydrogen-bond donors (Lipinski definition) is 1. The molecule has 13 heteroatoms. The van der Waals surface area contributed by atoms with Crippen molar-refractivity contribution in [1.82, 2.24) is 44.5 Å². The van der Waals surface area contributed by atoms with Gasteiger partial charge in [-0.3, -0.25) is 23.9 Å². The second-order valence-electron chi connectivity index (χ2n) is 11.1. The Hall–Kier alpha value is -5.64. The summed E-state index contributed by atoms with van der Waals surface area (Å²) in [6.07, 6.45) is 10.9. The van der Waals surface area contributed by atoms with Gasteiger partial charge in [0.25, 0.3) is 5.91 Å². The number of aromatic nitrogens is 7. The average Bonchev–Trinajstić information content (AvgIpc) is 3.88. The van der Waals surface area contributed by atoms with Crippen LogP contribution in [0.2, 0.25) is 0 Å². The summed E-state index contributed by atoms with van der Waals surface area (Å²) in [5.74, 6) is -0.850. The molecule has 5 aromatic rings. The number of nitrogens with one attached hydrogen (secondary N) is 1. The van der Waals surface area contributed by atoms with Crippen LogP contribution in [0.15, 0.2) is 55.3 Å². The molecule has 2 aliphatic rings. The third-order valence-corrected chi connectivity index (χ3v) is 8.51. The number of amides is 2. The summed E-state index contributed by atoms with van der Waals surface area (Å²) in [6, 6.07) is 7.17. The Labute approximate surface area is 257 Å². The Morgan fingerprint density at radius 1 is 1.09 bits per heavy atom. The lowest BCUT2D eigenvalue weighted by Crippen LogP contribution is -2.36. The number of hydrogen-bond acceptors (Lipinski definition) is 7. The number of carbonyl (C=O) groups is 2. The fourth-order valence-electron chi connectivity index (χ4n) is 6.20. The predicted molar refractivity (Wildman–Crippen MR) is 161 cm³/mol. The third-order valence-electron chi connectivity index (χ3n) is 8.51. The number of aromatic amines is 1. The van der Waals surface area contributed by atoms with Gasteiger partial charge in [-0.05, 0) is 42.7 Å². The number of rotatable bonds is 7. The first kappa shape index (κ1) is 28.1. The number of pyridine rings is 1. The molecule has 4 aromatic heterocycles. The predicted octanol–water partition coefficient (Wildman–Crippen LogP) is 3.91. The lowest BCUT2D eigenvalue weighted by Gasteiger charge is -2.28. The average molecular weight is 605 g/mol. The molecule has 0 bridgehead atoms. The van der Waals surface area contributed by atoms with E-state index >= 15 is 4.39 Å². The zero-order chi connectivity index (χ0) is 31.1. The minimum Gasteiger partial charge on any atom is -0.348 e. The number of nitriles is 1. The van der Waals surface area contributed by atoms with Crippen molar-refractivity contribution in [3.63, 3.8) is 0 Å². The molecule has 0 saturated heterocycles. The molecule has 0 unspecified atom stereocenters. The minimum atomic E-state index is -0.523. The molecule has 0 aliphatic carbocycles. The van der Waals surface area contributed by atoms with Crippen LogP contribution in [0.1, 0.15) is 52.6 Å². The molecule has 45 heavy (non-hydrogen) atoms. The van der Waals surface area contributed by atoms with E-state index in [-0.39, 0.29) is 36.0 Å². The van der Waals surface area contributed by atoms with Gasteiger partial charge in [-0.15, -0.1) is 5.10 Å². The monoisotopic (exact) mass is 604 g/mol. The van der Waals surface area contributed by atoms with Crippen molar-refractivity contribution >= 4 is 28.3 Å². The smallest absolute Gasteiger partial charge is 0.270 e. The molecule has 2 aliphatic heterocycles. The van der Waals surface area contributed by atoms with Gasteiger partial charge in [-0.1, -0.05) is 11.3 Å². The van der Waals surface area contributed by atoms with Gasteiger partial charge in [-0.2, -0.15) is 10.4 Å². The molecule has 12 nitrogen and oxygen atoms in total. The minimum absolute atomic E-state index is 0.0672. The first-order valence-electron chi connectivity index (χ1n) is 14.8. The molecule has 0 radical (unpaired) electrons. The van der Waals surface area contributed by atoms with Gasteiger partial charge in [-0.25, -0.2) is 4.39 Å². The van der Waals surface area contributed by atoms with Crippen LogP contribution in [0.3, 0.4) is 0 Å². The Kier molecular flexibility index (Phi) is 7.17. The highest BCUT2D eigenvalue weighted by atomic mass is 19.1. The Morgan fingerprint density at radius 3 is 2.78 bits per heavy atom. The summed E-state index contributed by atoms with van der Waals surface area (Å²) in [6.45, 7) is 4.67. The van der Waals surface area contributed by atoms with Crippen LogP contribution < -0.4 is 0 Å². The van der Waals surface area contributed by atoms with Gasteiger partial charge in [0.15, 0.2) is 5.82 Å². The van der Waals surface area contributed by atoms with Crippen molar-refractivity contribution in [3.05, 3.63) is 89.2 Å². The zero-order valence-corrected chi connectivity index (χ0v) is 24.6. The standard InChI is InChI=1S/C32H29FN10O2/c1-2-43-28-19-41(18-22(28)15-37-43)32(45)27-13-25-24(26-16-35-7-5-20(26)14-34)12-23(30(33)31(25)38-27)21-4-3-9-40(17-21)29(44)6-10-42-11-8-36-39-42/h4-5,7-8,11-13,15-16,38H,2-3,6,9-10,17-19H2,1H3. The highest BCUT2D eigenvalue weighted by Gasteiger charge is 2.30. The van der Waals surface area contributed by atoms with Crippen LogP contribution in [-0.4, -0.2) is 69.4 Å². The first-order valence-corrected chi connectivity index (χ1v) is 14.8. The van der Waals surface area contributed by atoms with E-state index in [4.69, 9.17) is 0 Å². The summed E-state index contributed by atoms with van der Waals surface area (Å²) in [4.78, 5) is 37.6. The Balaban J connectivity index is 1.25. The van der Waals surface area contributed by atoms with E-state index < -0.39 is 5.82 Å². The van der Waals surface area contributed by atoms with Gasteiger partial charge in [0, 0.05) is 73.3 Å². The number of H-pyrrole nitrogens is 1. The molecule has 0 fully saturated rings. The summed E-state index contributed by atoms with van der Waals surface area (Å²) in [7, 11) is 0. The summed E-state index contributed by atoms with van der Waals surface area (Å²) >= 11 is 0. The topological polar surface area (TPSA) is 142 Å². The maximum atomic E-state index is 16.5. The maximum Gasteiger partial charge on any atom is 0.270 e. The number of aryl methyl sites for hydroxylation is 2. The zero-order valence-electron chi connectivity index (χ0n) is 24.6. The van der Waals surface area contributed by atoms with E-state index in [9.17, 15) is 14.9 Å². The summed E-state index contributed by atoms with van der Waals surface area (Å²) < 4.78 is 20.0. The van der Waals surface area contributed by atoms with Gasteiger partial charge in [0.2, 0.25) is 5.91 Å². The number of fused-ring (bicyclic) bond motifs is 2. The lowest BCUT2D eigenvalue weighted by molar-refractivity contribution is -0.131. The van der Waals surface area contributed by atoms with Crippen molar-refractivity contribution in [2.75, 3.05) is 13.1 Å². The number of benzene rings is 1. The lowest BCUT2D eigenvalue weighted by atomic mass is 9.92. The molecular formula is C32H29FN10O2. The molecule has 1 aromatic carbocycles. The SMILES string of the molecule is CCn1ncc2c1CN(C(=O)c1cc3c(-c4cnccc4C#N)cc(C4=CCCN(C(=O)CCn5ccnn5)C4)c(F)c3[nH]1)C2. The quantitative estimate of drug-likeness (QED) is 0.297. The van der Waals surface area contributed by atoms with Crippen LogP contribution in [0.25, 0.3) is 27.6 Å². The van der Waals surface area contributed by atoms with E-state index in [0.717, 1.165) is 11.3 Å².